The van der Waals surface area contributed by atoms with Gasteiger partial charge >= 0.3 is 0 Å². The van der Waals surface area contributed by atoms with Gasteiger partial charge in [0.05, 0.1) is 18.2 Å². The first kappa shape index (κ1) is 10.7. The van der Waals surface area contributed by atoms with Crippen LogP contribution >= 0.6 is 0 Å². The molecule has 0 unspecified atom stereocenters. The fraction of sp³-hybridized carbons (Fsp3) is 0.417. The molecule has 0 aliphatic carbocycles. The van der Waals surface area contributed by atoms with Gasteiger partial charge < -0.3 is 5.11 Å². The summed E-state index contributed by atoms with van der Waals surface area (Å²) in [6, 6.07) is 7.58. The maximum atomic E-state index is 9.10. The van der Waals surface area contributed by atoms with Crippen LogP contribution in [0.15, 0.2) is 18.2 Å². The van der Waals surface area contributed by atoms with Gasteiger partial charge in [-0.2, -0.15) is 5.26 Å². The molecule has 2 heteroatoms. The number of aliphatic hydroxyl groups is 1. The van der Waals surface area contributed by atoms with E-state index in [0.29, 0.717) is 5.56 Å². The van der Waals surface area contributed by atoms with E-state index in [1.807, 2.05) is 12.1 Å². The molecule has 0 bridgehead atoms. The largest absolute Gasteiger partial charge is 0.392 e. The summed E-state index contributed by atoms with van der Waals surface area (Å²) in [6.45, 7) is 2.19. The van der Waals surface area contributed by atoms with E-state index in [4.69, 9.17) is 10.4 Å². The minimum Gasteiger partial charge on any atom is -0.392 e. The highest BCUT2D eigenvalue weighted by molar-refractivity contribution is 5.38. The van der Waals surface area contributed by atoms with Crippen molar-refractivity contribution >= 4 is 0 Å². The van der Waals surface area contributed by atoms with Gasteiger partial charge in [-0.15, -0.1) is 0 Å². The molecule has 1 aromatic carbocycles. The van der Waals surface area contributed by atoms with Crippen molar-refractivity contribution in [2.75, 3.05) is 0 Å². The Balaban J connectivity index is 2.91. The Morgan fingerprint density at radius 1 is 1.36 bits per heavy atom. The normalized spacial score (nSPS) is 9.79. The molecule has 1 N–H and O–H groups in total. The Labute approximate surface area is 84.8 Å². The van der Waals surface area contributed by atoms with Crippen molar-refractivity contribution in [1.29, 1.82) is 5.26 Å². The number of nitriles is 1. The molecule has 0 amide bonds. The number of hydrogen-bond acceptors (Lipinski definition) is 2. The van der Waals surface area contributed by atoms with Crippen molar-refractivity contribution in [2.45, 2.75) is 32.8 Å². The third kappa shape index (κ3) is 2.58. The smallest absolute Gasteiger partial charge is 0.0991 e. The summed E-state index contributed by atoms with van der Waals surface area (Å²) in [5.74, 6) is 0. The molecular weight excluding hydrogens is 174 g/mol. The minimum atomic E-state index is 0.0603. The van der Waals surface area contributed by atoms with Crippen LogP contribution < -0.4 is 0 Å². The minimum absolute atomic E-state index is 0.0603. The summed E-state index contributed by atoms with van der Waals surface area (Å²) < 4.78 is 0. The summed E-state index contributed by atoms with van der Waals surface area (Å²) in [5, 5.41) is 17.8. The molecule has 0 heterocycles. The van der Waals surface area contributed by atoms with E-state index in [1.165, 1.54) is 0 Å². The Hall–Kier alpha value is -1.33. The lowest BCUT2D eigenvalue weighted by molar-refractivity contribution is 0.280. The van der Waals surface area contributed by atoms with Crippen LogP contribution in [0.5, 0.6) is 0 Å². The molecule has 0 aromatic heterocycles. The van der Waals surface area contributed by atoms with Gasteiger partial charge in [-0.05, 0) is 36.1 Å². The van der Waals surface area contributed by atoms with Crippen molar-refractivity contribution in [3.63, 3.8) is 0 Å². The fourth-order valence-electron chi connectivity index (χ4n) is 1.45. The van der Waals surface area contributed by atoms with E-state index in [-0.39, 0.29) is 6.61 Å². The predicted molar refractivity (Wildman–Crippen MR) is 55.7 cm³/mol. The molecule has 1 aromatic rings. The van der Waals surface area contributed by atoms with Gasteiger partial charge in [-0.1, -0.05) is 19.4 Å². The Morgan fingerprint density at radius 3 is 2.71 bits per heavy atom. The third-order valence-corrected chi connectivity index (χ3v) is 2.31. The summed E-state index contributed by atoms with van der Waals surface area (Å²) in [4.78, 5) is 0. The van der Waals surface area contributed by atoms with Gasteiger partial charge in [0.15, 0.2) is 0 Å². The standard InChI is InChI=1S/C12H15NO/c1-2-3-4-11-7-10(8-13)5-6-12(11)9-14/h5-7,14H,2-4,9H2,1H3. The average Bonchev–Trinajstić information content (AvgIpc) is 2.25. The van der Waals surface area contributed by atoms with Crippen molar-refractivity contribution in [2.24, 2.45) is 0 Å². The highest BCUT2D eigenvalue weighted by Gasteiger charge is 2.02. The highest BCUT2D eigenvalue weighted by Crippen LogP contribution is 2.14. The van der Waals surface area contributed by atoms with E-state index in [0.717, 1.165) is 30.4 Å². The molecule has 0 aliphatic rings. The van der Waals surface area contributed by atoms with Crippen LogP contribution in [0, 0.1) is 11.3 Å². The van der Waals surface area contributed by atoms with E-state index in [2.05, 4.69) is 13.0 Å². The van der Waals surface area contributed by atoms with Crippen molar-refractivity contribution in [3.05, 3.63) is 34.9 Å². The zero-order chi connectivity index (χ0) is 10.4. The molecule has 0 radical (unpaired) electrons. The first-order valence-electron chi connectivity index (χ1n) is 4.94. The molecule has 0 fully saturated rings. The molecule has 2 nitrogen and oxygen atoms in total. The Bertz CT molecular complexity index is 339. The zero-order valence-corrected chi connectivity index (χ0v) is 8.45. The average molecular weight is 189 g/mol. The molecule has 0 saturated heterocycles. The Kier molecular flexibility index (Phi) is 4.15. The van der Waals surface area contributed by atoms with Crippen molar-refractivity contribution in [3.8, 4) is 6.07 Å². The molecule has 0 spiro atoms. The van der Waals surface area contributed by atoms with Crippen LogP contribution in [0.4, 0.5) is 0 Å². The number of aliphatic hydroxyl groups excluding tert-OH is 1. The van der Waals surface area contributed by atoms with Crippen LogP contribution in [-0.2, 0) is 13.0 Å². The molecule has 0 atom stereocenters. The number of hydrogen-bond donors (Lipinski definition) is 1. The van der Waals surface area contributed by atoms with Crippen LogP contribution in [0.2, 0.25) is 0 Å². The lowest BCUT2D eigenvalue weighted by Crippen LogP contribution is -1.95. The summed E-state index contributed by atoms with van der Waals surface area (Å²) in [5.41, 5.74) is 2.72. The topological polar surface area (TPSA) is 44.0 Å². The second-order valence-corrected chi connectivity index (χ2v) is 3.36. The first-order valence-corrected chi connectivity index (χ1v) is 4.94. The highest BCUT2D eigenvalue weighted by atomic mass is 16.3. The molecule has 0 saturated carbocycles. The van der Waals surface area contributed by atoms with Crippen molar-refractivity contribution in [1.82, 2.24) is 0 Å². The van der Waals surface area contributed by atoms with E-state index in [1.54, 1.807) is 6.07 Å². The summed E-state index contributed by atoms with van der Waals surface area (Å²) >= 11 is 0. The quantitative estimate of drug-likeness (QED) is 0.790. The second kappa shape index (κ2) is 5.41. The summed E-state index contributed by atoms with van der Waals surface area (Å²) in [7, 11) is 0. The molecule has 1 rings (SSSR count). The predicted octanol–water partition coefficient (Wildman–Crippen LogP) is 2.39. The van der Waals surface area contributed by atoms with Gasteiger partial charge in [-0.25, -0.2) is 0 Å². The molecule has 74 valence electrons. The number of nitrogens with zero attached hydrogens (tertiary/aromatic N) is 1. The van der Waals surface area contributed by atoms with E-state index < -0.39 is 0 Å². The lowest BCUT2D eigenvalue weighted by atomic mass is 10.00. The monoisotopic (exact) mass is 189 g/mol. The van der Waals surface area contributed by atoms with E-state index >= 15 is 0 Å². The lowest BCUT2D eigenvalue weighted by Gasteiger charge is -2.06. The number of aryl methyl sites for hydroxylation is 1. The number of rotatable bonds is 4. The van der Waals surface area contributed by atoms with Gasteiger partial charge in [0.1, 0.15) is 0 Å². The van der Waals surface area contributed by atoms with Crippen molar-refractivity contribution < 1.29 is 5.11 Å². The van der Waals surface area contributed by atoms with Crippen LogP contribution in [0.1, 0.15) is 36.5 Å². The third-order valence-electron chi connectivity index (χ3n) is 2.31. The Morgan fingerprint density at radius 2 is 2.14 bits per heavy atom. The number of unbranched alkanes of at least 4 members (excludes halogenated alkanes) is 1. The molecular formula is C12H15NO. The fourth-order valence-corrected chi connectivity index (χ4v) is 1.45. The molecule has 14 heavy (non-hydrogen) atoms. The van der Waals surface area contributed by atoms with Gasteiger partial charge in [0.25, 0.3) is 0 Å². The van der Waals surface area contributed by atoms with Crippen LogP contribution in [0.25, 0.3) is 0 Å². The SMILES string of the molecule is CCCCc1cc(C#N)ccc1CO. The van der Waals surface area contributed by atoms with Crippen LogP contribution in [-0.4, -0.2) is 5.11 Å². The van der Waals surface area contributed by atoms with Crippen LogP contribution in [0.3, 0.4) is 0 Å². The zero-order valence-electron chi connectivity index (χ0n) is 8.45. The maximum Gasteiger partial charge on any atom is 0.0991 e. The maximum absolute atomic E-state index is 9.10. The molecule has 0 aliphatic heterocycles. The van der Waals surface area contributed by atoms with E-state index in [9.17, 15) is 0 Å². The van der Waals surface area contributed by atoms with Gasteiger partial charge in [0.2, 0.25) is 0 Å². The number of benzene rings is 1. The second-order valence-electron chi connectivity index (χ2n) is 3.36. The first-order chi connectivity index (χ1) is 6.81. The van der Waals surface area contributed by atoms with Gasteiger partial charge in [-0.3, -0.25) is 0 Å². The van der Waals surface area contributed by atoms with Gasteiger partial charge in [0, 0.05) is 0 Å². The summed E-state index contributed by atoms with van der Waals surface area (Å²) in [6.07, 6.45) is 3.17.